The number of esters is 1. The van der Waals surface area contributed by atoms with Gasteiger partial charge in [-0.1, -0.05) is 26.0 Å². The van der Waals surface area contributed by atoms with Gasteiger partial charge in [0.1, 0.15) is 5.75 Å². The summed E-state index contributed by atoms with van der Waals surface area (Å²) in [6.45, 7) is 5.83. The van der Waals surface area contributed by atoms with E-state index in [0.717, 1.165) is 12.0 Å². The molecular weight excluding hydrogens is 428 g/mol. The quantitative estimate of drug-likeness (QED) is 0.415. The van der Waals surface area contributed by atoms with Gasteiger partial charge in [-0.3, -0.25) is 0 Å². The number of aliphatic hydroxyl groups excluding tert-OH is 1. The number of carbonyl (C=O) groups excluding carboxylic acids is 1. The summed E-state index contributed by atoms with van der Waals surface area (Å²) in [5.74, 6) is -1.12. The molecule has 9 atom stereocenters. The Balaban J connectivity index is 1.37. The second-order valence-electron chi connectivity index (χ2n) is 9.93. The third kappa shape index (κ3) is 3.78. The van der Waals surface area contributed by atoms with E-state index in [-0.39, 0.29) is 23.7 Å². The van der Waals surface area contributed by atoms with Crippen LogP contribution in [0.2, 0.25) is 0 Å². The molecule has 1 aromatic carbocycles. The molecule has 2 bridgehead atoms. The second-order valence-corrected chi connectivity index (χ2v) is 9.93. The van der Waals surface area contributed by atoms with E-state index in [1.165, 1.54) is 6.08 Å². The van der Waals surface area contributed by atoms with Crippen molar-refractivity contribution in [1.82, 2.24) is 0 Å². The molecule has 1 spiro atoms. The molecule has 4 saturated heterocycles. The number of aliphatic hydroxyl groups is 1. The smallest absolute Gasteiger partial charge is 0.333 e. The molecule has 1 saturated carbocycles. The van der Waals surface area contributed by atoms with Gasteiger partial charge in [-0.2, -0.15) is 0 Å². The van der Waals surface area contributed by atoms with E-state index < -0.39 is 36.0 Å². The summed E-state index contributed by atoms with van der Waals surface area (Å²) in [6, 6.07) is 7.38. The molecule has 1 N–H and O–H groups in total. The first-order valence-electron chi connectivity index (χ1n) is 11.7. The molecule has 33 heavy (non-hydrogen) atoms. The van der Waals surface area contributed by atoms with E-state index in [1.54, 1.807) is 13.2 Å². The molecule has 0 radical (unpaired) electrons. The van der Waals surface area contributed by atoms with Gasteiger partial charge in [-0.25, -0.2) is 14.6 Å². The van der Waals surface area contributed by atoms with Crippen LogP contribution in [0.1, 0.15) is 45.6 Å². The van der Waals surface area contributed by atoms with Crippen molar-refractivity contribution in [1.29, 1.82) is 0 Å². The van der Waals surface area contributed by atoms with Gasteiger partial charge in [0.05, 0.1) is 13.2 Å². The Labute approximate surface area is 193 Å². The summed E-state index contributed by atoms with van der Waals surface area (Å²) < 4.78 is 23.4. The first-order valence-corrected chi connectivity index (χ1v) is 11.7. The first-order chi connectivity index (χ1) is 15.8. The van der Waals surface area contributed by atoms with Crippen molar-refractivity contribution < 1.29 is 38.6 Å². The Bertz CT molecular complexity index is 929. The van der Waals surface area contributed by atoms with Gasteiger partial charge in [-0.15, -0.1) is 0 Å². The van der Waals surface area contributed by atoms with Gasteiger partial charge in [0.25, 0.3) is 0 Å². The zero-order valence-electron chi connectivity index (χ0n) is 19.4. The summed E-state index contributed by atoms with van der Waals surface area (Å²) >= 11 is 0. The third-order valence-electron chi connectivity index (χ3n) is 7.95. The van der Waals surface area contributed by atoms with Crippen LogP contribution in [-0.2, 0) is 28.8 Å². The van der Waals surface area contributed by atoms with Crippen LogP contribution in [0.5, 0.6) is 5.75 Å². The van der Waals surface area contributed by atoms with E-state index in [1.807, 2.05) is 45.0 Å². The SMILES string of the molecule is COc1cccc(/C=C/C(=O)O[C@@H]2O[C@@H]3O[C@@]4(C)CC[C@H]5[C@H](C)[C@H](O)C[C@@H]([C@H]2C)[C@@]35OO4)c1. The molecule has 1 aliphatic carbocycles. The maximum atomic E-state index is 12.7. The third-order valence-corrected chi connectivity index (χ3v) is 7.95. The summed E-state index contributed by atoms with van der Waals surface area (Å²) in [6.07, 6.45) is 2.90. The Morgan fingerprint density at radius 3 is 2.82 bits per heavy atom. The molecule has 0 amide bonds. The van der Waals surface area contributed by atoms with Gasteiger partial charge in [0.15, 0.2) is 11.9 Å². The molecule has 8 nitrogen and oxygen atoms in total. The molecule has 4 aliphatic heterocycles. The van der Waals surface area contributed by atoms with Crippen molar-refractivity contribution in [2.24, 2.45) is 23.7 Å². The highest BCUT2D eigenvalue weighted by molar-refractivity contribution is 5.87. The van der Waals surface area contributed by atoms with Crippen LogP contribution < -0.4 is 4.74 Å². The number of methoxy groups -OCH3 is 1. The molecule has 5 aliphatic rings. The lowest BCUT2D eigenvalue weighted by Crippen LogP contribution is -2.72. The van der Waals surface area contributed by atoms with Crippen molar-refractivity contribution in [3.8, 4) is 5.75 Å². The van der Waals surface area contributed by atoms with Crippen LogP contribution in [0, 0.1) is 23.7 Å². The van der Waals surface area contributed by atoms with E-state index >= 15 is 0 Å². The number of carbonyl (C=O) groups is 1. The predicted molar refractivity (Wildman–Crippen MR) is 116 cm³/mol. The zero-order chi connectivity index (χ0) is 23.4. The molecule has 0 unspecified atom stereocenters. The Kier molecular flexibility index (Phi) is 5.77. The summed E-state index contributed by atoms with van der Waals surface area (Å²) in [7, 11) is 1.59. The van der Waals surface area contributed by atoms with Crippen LogP contribution in [0.15, 0.2) is 30.3 Å². The minimum absolute atomic E-state index is 0.00707. The van der Waals surface area contributed by atoms with Crippen molar-refractivity contribution in [3.63, 3.8) is 0 Å². The van der Waals surface area contributed by atoms with Gasteiger partial charge in [-0.05, 0) is 49.5 Å². The molecular formula is C25H32O8. The van der Waals surface area contributed by atoms with E-state index in [0.29, 0.717) is 18.6 Å². The number of hydrogen-bond acceptors (Lipinski definition) is 8. The lowest BCUT2D eigenvalue weighted by Gasteiger charge is -2.60. The monoisotopic (exact) mass is 460 g/mol. The summed E-state index contributed by atoms with van der Waals surface area (Å²) in [4.78, 5) is 24.5. The highest BCUT2D eigenvalue weighted by Gasteiger charge is 2.71. The minimum atomic E-state index is -0.941. The fourth-order valence-corrected chi connectivity index (χ4v) is 6.02. The maximum absolute atomic E-state index is 12.7. The van der Waals surface area contributed by atoms with E-state index in [2.05, 4.69) is 0 Å². The molecule has 4 heterocycles. The predicted octanol–water partition coefficient (Wildman–Crippen LogP) is 3.43. The van der Waals surface area contributed by atoms with Crippen molar-refractivity contribution >= 4 is 12.0 Å². The normalized spacial score (nSPS) is 44.2. The zero-order valence-corrected chi connectivity index (χ0v) is 19.4. The fraction of sp³-hybridized carbons (Fsp3) is 0.640. The van der Waals surface area contributed by atoms with Crippen LogP contribution >= 0.6 is 0 Å². The van der Waals surface area contributed by atoms with E-state index in [9.17, 15) is 9.90 Å². The second kappa shape index (κ2) is 8.36. The highest BCUT2D eigenvalue weighted by Crippen LogP contribution is 2.60. The van der Waals surface area contributed by atoms with Gasteiger partial charge in [0, 0.05) is 30.3 Å². The van der Waals surface area contributed by atoms with Crippen LogP contribution in [0.25, 0.3) is 6.08 Å². The standard InChI is InChI=1S/C25H32O8/c1-14-18-10-11-24(3)31-23-25(18,33-32-24)19(13-20(14)26)15(2)22(30-23)29-21(27)9-8-16-6-5-7-17(12-16)28-4/h5-9,12,14-15,18-20,22-23,26H,10-11,13H2,1-4H3/b9-8+/t14-,15+,18-,19-,20+,22+,23+,24+,25+/m0/s1. The maximum Gasteiger partial charge on any atom is 0.333 e. The lowest BCUT2D eigenvalue weighted by atomic mass is 9.57. The van der Waals surface area contributed by atoms with E-state index in [4.69, 9.17) is 28.7 Å². The number of ether oxygens (including phenoxy) is 4. The summed E-state index contributed by atoms with van der Waals surface area (Å²) in [5.41, 5.74) is -0.0223. The number of fused-ring (bicyclic) bond motifs is 2. The topological polar surface area (TPSA) is 92.7 Å². The molecule has 5 fully saturated rings. The molecule has 0 aromatic heterocycles. The average Bonchev–Trinajstić information content (AvgIpc) is 3.03. The average molecular weight is 461 g/mol. The van der Waals surface area contributed by atoms with Gasteiger partial charge < -0.3 is 24.1 Å². The van der Waals surface area contributed by atoms with Crippen molar-refractivity contribution in [3.05, 3.63) is 35.9 Å². The van der Waals surface area contributed by atoms with Crippen molar-refractivity contribution in [2.45, 2.75) is 70.1 Å². The molecule has 6 rings (SSSR count). The largest absolute Gasteiger partial charge is 0.497 e. The fourth-order valence-electron chi connectivity index (χ4n) is 6.02. The van der Waals surface area contributed by atoms with Crippen molar-refractivity contribution in [2.75, 3.05) is 7.11 Å². The number of rotatable bonds is 4. The van der Waals surface area contributed by atoms with Crippen LogP contribution in [0.3, 0.4) is 0 Å². The molecule has 8 heteroatoms. The van der Waals surface area contributed by atoms with Crippen LogP contribution in [0.4, 0.5) is 0 Å². The van der Waals surface area contributed by atoms with Gasteiger partial charge >= 0.3 is 5.97 Å². The molecule has 1 aromatic rings. The first kappa shape index (κ1) is 22.8. The lowest BCUT2D eigenvalue weighted by molar-refractivity contribution is -0.577. The Hall–Kier alpha value is -1.97. The van der Waals surface area contributed by atoms with Crippen LogP contribution in [-0.4, -0.2) is 48.3 Å². The number of hydrogen-bond donors (Lipinski definition) is 1. The Morgan fingerprint density at radius 2 is 2.03 bits per heavy atom. The number of benzene rings is 1. The molecule has 180 valence electrons. The summed E-state index contributed by atoms with van der Waals surface area (Å²) in [5, 5.41) is 10.8. The highest BCUT2D eigenvalue weighted by atomic mass is 17.3. The minimum Gasteiger partial charge on any atom is -0.497 e. The Morgan fingerprint density at radius 1 is 1.21 bits per heavy atom. The van der Waals surface area contributed by atoms with Gasteiger partial charge in [0.2, 0.25) is 12.1 Å².